The molecule has 10 rings (SSSR count). The summed E-state index contributed by atoms with van der Waals surface area (Å²) in [6, 6.07) is 46.5. The monoisotopic (exact) mass is 633 g/mol. The second-order valence-corrected chi connectivity index (χ2v) is 13.6. The predicted octanol–water partition coefficient (Wildman–Crippen LogP) is 11.1. The Labute approximate surface area is 281 Å². The van der Waals surface area contributed by atoms with Crippen molar-refractivity contribution in [1.82, 2.24) is 15.0 Å². The van der Waals surface area contributed by atoms with Crippen LogP contribution in [0.4, 0.5) is 0 Å². The van der Waals surface area contributed by atoms with Crippen molar-refractivity contribution in [2.45, 2.75) is 16.1 Å². The summed E-state index contributed by atoms with van der Waals surface area (Å²) >= 11 is 1.92. The van der Waals surface area contributed by atoms with Crippen LogP contribution in [0, 0.1) is 0 Å². The average molecular weight is 634 g/mol. The van der Waals surface area contributed by atoms with Crippen LogP contribution in [-0.4, -0.2) is 20.2 Å². The maximum atomic E-state index is 6.17. The number of benzene rings is 6. The number of furan rings is 1. The molecular weight excluding hydrogens is 607 g/mol. The quantitative estimate of drug-likeness (QED) is 0.193. The molecule has 5 heteroatoms. The van der Waals surface area contributed by atoms with Gasteiger partial charge in [0.15, 0.2) is 17.5 Å². The molecule has 226 valence electrons. The first kappa shape index (κ1) is 27.3. The van der Waals surface area contributed by atoms with Crippen molar-refractivity contribution in [2.75, 3.05) is 0 Å². The zero-order valence-corrected chi connectivity index (χ0v) is 26.6. The van der Waals surface area contributed by atoms with Gasteiger partial charge in [-0.25, -0.2) is 15.0 Å². The van der Waals surface area contributed by atoms with Crippen molar-refractivity contribution >= 4 is 50.0 Å². The zero-order chi connectivity index (χ0) is 31.6. The molecule has 0 bridgehead atoms. The smallest absolute Gasteiger partial charge is 0.164 e. The normalized spacial score (nSPS) is 16.7. The highest BCUT2D eigenvalue weighted by Crippen LogP contribution is 2.49. The molecule has 3 heterocycles. The van der Waals surface area contributed by atoms with Crippen molar-refractivity contribution in [3.8, 4) is 33.9 Å². The minimum atomic E-state index is 0.313. The van der Waals surface area contributed by atoms with Gasteiger partial charge in [0.25, 0.3) is 0 Å². The van der Waals surface area contributed by atoms with E-state index in [2.05, 4.69) is 133 Å². The van der Waals surface area contributed by atoms with E-state index in [1.54, 1.807) is 0 Å². The van der Waals surface area contributed by atoms with Gasteiger partial charge in [-0.15, -0.1) is 11.8 Å². The Kier molecular flexibility index (Phi) is 6.21. The summed E-state index contributed by atoms with van der Waals surface area (Å²) in [6.07, 6.45) is 6.83. The lowest BCUT2D eigenvalue weighted by Gasteiger charge is -2.19. The van der Waals surface area contributed by atoms with E-state index < -0.39 is 0 Å². The van der Waals surface area contributed by atoms with Crippen molar-refractivity contribution in [1.29, 1.82) is 0 Å². The molecule has 0 saturated heterocycles. The largest absolute Gasteiger partial charge is 0.456 e. The molecule has 0 spiro atoms. The summed E-state index contributed by atoms with van der Waals surface area (Å²) in [5, 5.41) is 4.90. The van der Waals surface area contributed by atoms with Crippen molar-refractivity contribution in [3.63, 3.8) is 0 Å². The topological polar surface area (TPSA) is 51.8 Å². The van der Waals surface area contributed by atoms with Crippen molar-refractivity contribution < 1.29 is 4.42 Å². The van der Waals surface area contributed by atoms with Crippen LogP contribution >= 0.6 is 11.8 Å². The first-order valence-corrected chi connectivity index (χ1v) is 17.1. The van der Waals surface area contributed by atoms with Crippen LogP contribution in [0.2, 0.25) is 0 Å². The van der Waals surface area contributed by atoms with Gasteiger partial charge in [-0.3, -0.25) is 0 Å². The van der Waals surface area contributed by atoms with E-state index >= 15 is 0 Å². The van der Waals surface area contributed by atoms with Gasteiger partial charge in [0.05, 0.1) is 0 Å². The molecule has 2 aromatic heterocycles. The Balaban J connectivity index is 1.08. The van der Waals surface area contributed by atoms with E-state index in [0.717, 1.165) is 55.2 Å². The lowest BCUT2D eigenvalue weighted by molar-refractivity contribution is 0.669. The predicted molar refractivity (Wildman–Crippen MR) is 197 cm³/mol. The molecular formula is C43H27N3OS. The van der Waals surface area contributed by atoms with E-state index in [0.29, 0.717) is 28.6 Å². The molecule has 2 atom stereocenters. The molecule has 0 amide bonds. The van der Waals surface area contributed by atoms with Gasteiger partial charge >= 0.3 is 0 Å². The fourth-order valence-electron chi connectivity index (χ4n) is 7.11. The van der Waals surface area contributed by atoms with Crippen molar-refractivity contribution in [3.05, 3.63) is 163 Å². The number of thioether (sulfide) groups is 1. The Morgan fingerprint density at radius 3 is 2.19 bits per heavy atom. The molecule has 0 saturated carbocycles. The number of aromatic nitrogens is 3. The van der Waals surface area contributed by atoms with E-state index in [9.17, 15) is 0 Å². The summed E-state index contributed by atoms with van der Waals surface area (Å²) in [5.74, 6) is 2.37. The number of hydrogen-bond acceptors (Lipinski definition) is 5. The van der Waals surface area contributed by atoms with Gasteiger partial charge in [0, 0.05) is 43.5 Å². The van der Waals surface area contributed by atoms with Crippen molar-refractivity contribution in [2.24, 2.45) is 0 Å². The lowest BCUT2D eigenvalue weighted by atomic mass is 9.90. The van der Waals surface area contributed by atoms with E-state index in [1.165, 1.54) is 15.8 Å². The summed E-state index contributed by atoms with van der Waals surface area (Å²) in [6.45, 7) is 0. The molecule has 0 fully saturated rings. The first-order chi connectivity index (χ1) is 23.7. The maximum absolute atomic E-state index is 6.17. The molecule has 4 nitrogen and oxygen atoms in total. The van der Waals surface area contributed by atoms with Crippen LogP contribution < -0.4 is 0 Å². The minimum absolute atomic E-state index is 0.313. The lowest BCUT2D eigenvalue weighted by Crippen LogP contribution is -2.11. The summed E-state index contributed by atoms with van der Waals surface area (Å²) in [4.78, 5) is 16.6. The SMILES string of the molecule is C1=CC2c3ccccc3SC2C=C1c1nc(-c2ccc(-c3cccc4oc5ccccc5c34)cc2)nc(-c2ccc3ccccc3c2)n1. The molecule has 6 aromatic carbocycles. The maximum Gasteiger partial charge on any atom is 0.164 e. The second-order valence-electron chi connectivity index (χ2n) is 12.3. The van der Waals surface area contributed by atoms with Gasteiger partial charge in [-0.1, -0.05) is 127 Å². The Morgan fingerprint density at radius 2 is 1.27 bits per heavy atom. The fourth-order valence-corrected chi connectivity index (χ4v) is 8.49. The highest BCUT2D eigenvalue weighted by atomic mass is 32.2. The van der Waals surface area contributed by atoms with Crippen LogP contribution in [0.15, 0.2) is 161 Å². The molecule has 48 heavy (non-hydrogen) atoms. The molecule has 2 unspecified atom stereocenters. The second kappa shape index (κ2) is 10.9. The number of hydrogen-bond donors (Lipinski definition) is 0. The van der Waals surface area contributed by atoms with E-state index in [1.807, 2.05) is 30.0 Å². The Morgan fingerprint density at radius 1 is 0.562 bits per heavy atom. The van der Waals surface area contributed by atoms with Gasteiger partial charge < -0.3 is 4.42 Å². The van der Waals surface area contributed by atoms with Crippen LogP contribution in [0.1, 0.15) is 17.3 Å². The summed E-state index contributed by atoms with van der Waals surface area (Å²) in [7, 11) is 0. The highest BCUT2D eigenvalue weighted by Gasteiger charge is 2.32. The number of rotatable bonds is 4. The zero-order valence-electron chi connectivity index (χ0n) is 25.7. The first-order valence-electron chi connectivity index (χ1n) is 16.2. The number of nitrogens with zero attached hydrogens (tertiary/aromatic N) is 3. The standard InChI is InChI=1S/C43H27N3OS/c1-2-9-29-24-30(21-16-26(29)8-1)42-44-41(45-43(46-42)31-22-23-34-33-10-4-6-15-38(33)48-39(34)25-31)28-19-17-27(18-20-28)32-12-7-14-37-40(32)35-11-3-5-13-36(35)47-37/h1-25,34,39H. The average Bonchev–Trinajstić information content (AvgIpc) is 3.73. The van der Waals surface area contributed by atoms with Crippen LogP contribution in [0.5, 0.6) is 0 Å². The fraction of sp³-hybridized carbons (Fsp3) is 0.0465. The number of allylic oxidation sites excluding steroid dienone is 3. The van der Waals surface area contributed by atoms with Crippen LogP contribution in [-0.2, 0) is 0 Å². The Bertz CT molecular complexity index is 2620. The van der Waals surface area contributed by atoms with Gasteiger partial charge in [-0.05, 0) is 51.7 Å². The third-order valence-electron chi connectivity index (χ3n) is 9.48. The number of fused-ring (bicyclic) bond motifs is 7. The molecule has 2 aliphatic rings. The van der Waals surface area contributed by atoms with Gasteiger partial charge in [0.2, 0.25) is 0 Å². The summed E-state index contributed by atoms with van der Waals surface area (Å²) < 4.78 is 6.17. The molecule has 0 N–H and O–H groups in total. The summed E-state index contributed by atoms with van der Waals surface area (Å²) in [5.41, 5.74) is 8.36. The van der Waals surface area contributed by atoms with Gasteiger partial charge in [0.1, 0.15) is 11.2 Å². The molecule has 1 aliphatic carbocycles. The minimum Gasteiger partial charge on any atom is -0.456 e. The van der Waals surface area contributed by atoms with E-state index in [4.69, 9.17) is 19.4 Å². The van der Waals surface area contributed by atoms with Crippen LogP contribution in [0.25, 0.3) is 72.2 Å². The highest BCUT2D eigenvalue weighted by molar-refractivity contribution is 8.00. The third-order valence-corrected chi connectivity index (χ3v) is 10.8. The molecule has 8 aromatic rings. The van der Waals surface area contributed by atoms with Gasteiger partial charge in [-0.2, -0.15) is 0 Å². The van der Waals surface area contributed by atoms with E-state index in [-0.39, 0.29) is 0 Å². The molecule has 0 radical (unpaired) electrons. The number of para-hydroxylation sites is 1. The third kappa shape index (κ3) is 4.50. The molecule has 1 aliphatic heterocycles. The Hall–Kier alpha value is -5.78. The van der Waals surface area contributed by atoms with Crippen LogP contribution in [0.3, 0.4) is 0 Å².